The Hall–Kier alpha value is -4.34. The summed E-state index contributed by atoms with van der Waals surface area (Å²) in [6, 6.07) is 20.6. The van der Waals surface area contributed by atoms with E-state index in [1.165, 1.54) is 11.1 Å². The van der Waals surface area contributed by atoms with Crippen molar-refractivity contribution < 1.29 is 18.6 Å². The van der Waals surface area contributed by atoms with Gasteiger partial charge in [-0.1, -0.05) is 71.0 Å². The van der Waals surface area contributed by atoms with Crippen LogP contribution in [0, 0.1) is 11.8 Å². The van der Waals surface area contributed by atoms with Gasteiger partial charge in [-0.3, -0.25) is 9.59 Å². The number of nitrogens with zero attached hydrogens (tertiary/aromatic N) is 6. The third-order valence-corrected chi connectivity index (χ3v) is 10.1. The molecule has 7 rings (SSSR count). The van der Waals surface area contributed by atoms with Gasteiger partial charge in [0.1, 0.15) is 0 Å². The fourth-order valence-electron chi connectivity index (χ4n) is 7.30. The Labute approximate surface area is 269 Å². The number of aromatic nitrogens is 4. The molecule has 2 saturated heterocycles. The van der Waals surface area contributed by atoms with Crippen LogP contribution in [0.15, 0.2) is 69.7 Å². The van der Waals surface area contributed by atoms with Crippen LogP contribution in [0.1, 0.15) is 84.9 Å². The van der Waals surface area contributed by atoms with Crippen LogP contribution < -0.4 is 0 Å². The number of amides is 2. The lowest BCUT2D eigenvalue weighted by Gasteiger charge is -2.31. The highest BCUT2D eigenvalue weighted by molar-refractivity contribution is 5.81. The van der Waals surface area contributed by atoms with E-state index < -0.39 is 0 Å². The molecule has 10 nitrogen and oxygen atoms in total. The minimum Gasteiger partial charge on any atom is -0.342 e. The number of hydrogen-bond acceptors (Lipinski definition) is 8. The van der Waals surface area contributed by atoms with Crippen LogP contribution in [0.4, 0.5) is 0 Å². The first-order valence-electron chi connectivity index (χ1n) is 16.9. The van der Waals surface area contributed by atoms with Gasteiger partial charge in [0.05, 0.1) is 11.8 Å². The molecule has 2 aromatic carbocycles. The number of benzene rings is 2. The van der Waals surface area contributed by atoms with Crippen molar-refractivity contribution in [3.05, 3.63) is 95.2 Å². The van der Waals surface area contributed by atoms with Crippen LogP contribution in [-0.2, 0) is 35.3 Å². The van der Waals surface area contributed by atoms with E-state index in [0.717, 1.165) is 75.9 Å². The normalized spacial score (nSPS) is 23.2. The number of hydrogen-bond donors (Lipinski definition) is 0. The standard InChI is InChI=1S/C36H42N6O4/c43-35(41-21-19-29(23-41)33-37-31(39-45-33)17-11-25-7-3-1-4-8-25)27-13-15-28(16-14-27)36(44)42-22-20-30(24-42)34-38-32(40-46-34)18-12-26-9-5-2-6-10-26/h1-10,27-30H,11-24H2/t27?,28?,29-,30-/m1/s1. The molecule has 4 heterocycles. The maximum Gasteiger partial charge on any atom is 0.231 e. The summed E-state index contributed by atoms with van der Waals surface area (Å²) in [7, 11) is 0. The van der Waals surface area contributed by atoms with Crippen LogP contribution in [0.3, 0.4) is 0 Å². The fraction of sp³-hybridized carbons (Fsp3) is 0.500. The predicted molar refractivity (Wildman–Crippen MR) is 170 cm³/mol. The first-order valence-corrected chi connectivity index (χ1v) is 16.9. The molecule has 0 unspecified atom stereocenters. The lowest BCUT2D eigenvalue weighted by Crippen LogP contribution is -2.40. The first kappa shape index (κ1) is 30.3. The second kappa shape index (κ2) is 14.0. The van der Waals surface area contributed by atoms with E-state index in [-0.39, 0.29) is 35.5 Å². The van der Waals surface area contributed by atoms with E-state index in [2.05, 4.69) is 44.5 Å². The molecule has 46 heavy (non-hydrogen) atoms. The summed E-state index contributed by atoms with van der Waals surface area (Å²) in [5, 5.41) is 8.39. The van der Waals surface area contributed by atoms with Crippen molar-refractivity contribution in [2.45, 2.75) is 76.0 Å². The van der Waals surface area contributed by atoms with Crippen LogP contribution in [0.5, 0.6) is 0 Å². The molecule has 3 fully saturated rings. The van der Waals surface area contributed by atoms with Crippen molar-refractivity contribution in [3.8, 4) is 0 Å². The maximum atomic E-state index is 13.4. The molecule has 0 spiro atoms. The van der Waals surface area contributed by atoms with Gasteiger partial charge in [0, 0.05) is 50.9 Å². The van der Waals surface area contributed by atoms with Gasteiger partial charge in [-0.25, -0.2) is 0 Å². The summed E-state index contributed by atoms with van der Waals surface area (Å²) in [6.07, 6.45) is 7.90. The molecule has 240 valence electrons. The first-order chi connectivity index (χ1) is 22.6. The molecule has 2 atom stereocenters. The highest BCUT2D eigenvalue weighted by Crippen LogP contribution is 2.36. The smallest absolute Gasteiger partial charge is 0.231 e. The number of rotatable bonds is 10. The Bertz CT molecular complexity index is 1480. The predicted octanol–water partition coefficient (Wildman–Crippen LogP) is 5.16. The van der Waals surface area contributed by atoms with Gasteiger partial charge in [-0.15, -0.1) is 0 Å². The second-order valence-corrected chi connectivity index (χ2v) is 13.2. The molecule has 1 aliphatic carbocycles. The monoisotopic (exact) mass is 622 g/mol. The molecule has 1 saturated carbocycles. The average Bonchev–Trinajstić information content (AvgIpc) is 3.94. The highest BCUT2D eigenvalue weighted by atomic mass is 16.5. The molecule has 2 amide bonds. The zero-order chi connectivity index (χ0) is 31.3. The summed E-state index contributed by atoms with van der Waals surface area (Å²) in [5.41, 5.74) is 2.50. The van der Waals surface area contributed by atoms with Crippen LogP contribution in [0.25, 0.3) is 0 Å². The lowest BCUT2D eigenvalue weighted by molar-refractivity contribution is -0.140. The third-order valence-electron chi connectivity index (χ3n) is 10.1. The summed E-state index contributed by atoms with van der Waals surface area (Å²) in [4.78, 5) is 40.1. The minimum absolute atomic E-state index is 0.0223. The number of aryl methyl sites for hydroxylation is 4. The van der Waals surface area contributed by atoms with E-state index in [9.17, 15) is 9.59 Å². The van der Waals surface area contributed by atoms with E-state index in [0.29, 0.717) is 38.0 Å². The summed E-state index contributed by atoms with van der Waals surface area (Å²) < 4.78 is 11.2. The summed E-state index contributed by atoms with van der Waals surface area (Å²) in [5.74, 6) is 3.26. The average molecular weight is 623 g/mol. The van der Waals surface area contributed by atoms with Gasteiger partial charge >= 0.3 is 0 Å². The number of likely N-dealkylation sites (tertiary alicyclic amines) is 2. The Morgan fingerprint density at radius 2 is 1.00 bits per heavy atom. The van der Waals surface area contributed by atoms with Crippen molar-refractivity contribution in [3.63, 3.8) is 0 Å². The quantitative estimate of drug-likeness (QED) is 0.238. The molecule has 0 radical (unpaired) electrons. The van der Waals surface area contributed by atoms with Gasteiger partial charge in [-0.2, -0.15) is 9.97 Å². The van der Waals surface area contributed by atoms with Crippen LogP contribution in [0.2, 0.25) is 0 Å². The Kier molecular flexibility index (Phi) is 9.21. The van der Waals surface area contributed by atoms with E-state index in [1.807, 2.05) is 46.2 Å². The molecule has 10 heteroatoms. The van der Waals surface area contributed by atoms with Gasteiger partial charge < -0.3 is 18.8 Å². The zero-order valence-electron chi connectivity index (χ0n) is 26.3. The fourth-order valence-corrected chi connectivity index (χ4v) is 7.30. The highest BCUT2D eigenvalue weighted by Gasteiger charge is 2.39. The second-order valence-electron chi connectivity index (χ2n) is 13.2. The Morgan fingerprint density at radius 1 is 0.587 bits per heavy atom. The van der Waals surface area contributed by atoms with Crippen molar-refractivity contribution in [1.82, 2.24) is 30.1 Å². The van der Waals surface area contributed by atoms with E-state index in [4.69, 9.17) is 9.05 Å². The van der Waals surface area contributed by atoms with Crippen molar-refractivity contribution >= 4 is 11.8 Å². The minimum atomic E-state index is -0.0223. The molecule has 2 aliphatic heterocycles. The molecule has 0 N–H and O–H groups in total. The van der Waals surface area contributed by atoms with Gasteiger partial charge in [0.2, 0.25) is 23.6 Å². The third kappa shape index (κ3) is 7.06. The Balaban J connectivity index is 0.841. The topological polar surface area (TPSA) is 118 Å². The van der Waals surface area contributed by atoms with Crippen LogP contribution in [-0.4, -0.2) is 68.1 Å². The largest absolute Gasteiger partial charge is 0.342 e. The van der Waals surface area contributed by atoms with Crippen LogP contribution >= 0.6 is 0 Å². The maximum absolute atomic E-state index is 13.4. The zero-order valence-corrected chi connectivity index (χ0v) is 26.3. The number of carbonyl (C=O) groups is 2. The molecule has 3 aliphatic rings. The van der Waals surface area contributed by atoms with E-state index in [1.54, 1.807) is 0 Å². The molecular formula is C36H42N6O4. The summed E-state index contributed by atoms with van der Waals surface area (Å²) in [6.45, 7) is 2.67. The number of carbonyl (C=O) groups excluding carboxylic acids is 2. The molecule has 0 bridgehead atoms. The van der Waals surface area contributed by atoms with Gasteiger partial charge in [-0.05, 0) is 62.5 Å². The molecule has 2 aromatic heterocycles. The summed E-state index contributed by atoms with van der Waals surface area (Å²) >= 11 is 0. The van der Waals surface area contributed by atoms with Gasteiger partial charge in [0.15, 0.2) is 11.6 Å². The van der Waals surface area contributed by atoms with Crippen molar-refractivity contribution in [2.75, 3.05) is 26.2 Å². The van der Waals surface area contributed by atoms with Crippen molar-refractivity contribution in [2.24, 2.45) is 11.8 Å². The SMILES string of the molecule is O=C(C1CCC(C(=O)N2CC[C@@H](c3nc(CCc4ccccc4)no3)C2)CC1)N1CC[C@@H](c2nc(CCc3ccccc3)no2)C1. The van der Waals surface area contributed by atoms with E-state index >= 15 is 0 Å². The molecular weight excluding hydrogens is 580 g/mol. The van der Waals surface area contributed by atoms with Gasteiger partial charge in [0.25, 0.3) is 0 Å². The van der Waals surface area contributed by atoms with Crippen molar-refractivity contribution in [1.29, 1.82) is 0 Å². The Morgan fingerprint density at radius 3 is 1.41 bits per heavy atom. The molecule has 4 aromatic rings. The lowest BCUT2D eigenvalue weighted by atomic mass is 9.80.